The first kappa shape index (κ1) is 11.4. The number of rotatable bonds is 2. The largest absolute Gasteiger partial charge is 0.481 e. The summed E-state index contributed by atoms with van der Waals surface area (Å²) in [4.78, 5) is 14.2. The molecule has 0 fully saturated rings. The molecule has 0 saturated carbocycles. The van der Waals surface area contributed by atoms with Gasteiger partial charge in [0.25, 0.3) is 0 Å². The summed E-state index contributed by atoms with van der Waals surface area (Å²) in [6, 6.07) is 2.14. The Hall–Kier alpha value is -2.05. The van der Waals surface area contributed by atoms with Crippen LogP contribution in [-0.2, 0) is 17.4 Å². The molecule has 2 heterocycles. The maximum Gasteiger partial charge on any atom is 0.418 e. The Balaban J connectivity index is 2.61. The molecule has 0 saturated heterocycles. The molecule has 2 rings (SSSR count). The summed E-state index contributed by atoms with van der Waals surface area (Å²) in [6.45, 7) is 0. The molecule has 0 aliphatic rings. The Kier molecular flexibility index (Phi) is 2.53. The minimum absolute atomic E-state index is 0.0681. The summed E-state index contributed by atoms with van der Waals surface area (Å²) in [7, 11) is 0. The monoisotopic (exact) mass is 244 g/mol. The molecule has 2 aromatic heterocycles. The van der Waals surface area contributed by atoms with Gasteiger partial charge in [0.2, 0.25) is 0 Å². The molecule has 0 aliphatic carbocycles. The zero-order valence-corrected chi connectivity index (χ0v) is 8.40. The van der Waals surface area contributed by atoms with Crippen molar-refractivity contribution in [3.05, 3.63) is 35.9 Å². The molecule has 0 amide bonds. The summed E-state index contributed by atoms with van der Waals surface area (Å²) in [6.07, 6.45) is -2.52. The Bertz CT molecular complexity index is 574. The standard InChI is InChI=1S/C10H7F3N2O2/c11-10(12,13)6-2-1-3-15-7(6)5-14-8(15)4-9(16)17/h1-3,5H,4H2,(H,16,17). The summed E-state index contributed by atoms with van der Waals surface area (Å²) in [5.74, 6) is -1.08. The van der Waals surface area contributed by atoms with Gasteiger partial charge in [-0.05, 0) is 12.1 Å². The van der Waals surface area contributed by atoms with Crippen molar-refractivity contribution >= 4 is 11.5 Å². The lowest BCUT2D eigenvalue weighted by Gasteiger charge is -2.08. The molecule has 17 heavy (non-hydrogen) atoms. The molecule has 0 aliphatic heterocycles. The minimum atomic E-state index is -4.48. The maximum absolute atomic E-state index is 12.6. The number of hydrogen-bond acceptors (Lipinski definition) is 2. The Morgan fingerprint density at radius 1 is 1.47 bits per heavy atom. The molecule has 0 unspecified atom stereocenters. The molecule has 1 N–H and O–H groups in total. The van der Waals surface area contributed by atoms with Gasteiger partial charge in [-0.15, -0.1) is 0 Å². The van der Waals surface area contributed by atoms with Crippen LogP contribution >= 0.6 is 0 Å². The molecule has 0 aromatic carbocycles. The van der Waals surface area contributed by atoms with Crippen molar-refractivity contribution in [2.24, 2.45) is 0 Å². The van der Waals surface area contributed by atoms with Gasteiger partial charge >= 0.3 is 12.1 Å². The normalized spacial score (nSPS) is 11.9. The van der Waals surface area contributed by atoms with E-state index in [0.29, 0.717) is 0 Å². The van der Waals surface area contributed by atoms with Crippen LogP contribution in [0.1, 0.15) is 11.4 Å². The van der Waals surface area contributed by atoms with Gasteiger partial charge in [-0.2, -0.15) is 13.2 Å². The molecule has 0 spiro atoms. The highest BCUT2D eigenvalue weighted by atomic mass is 19.4. The summed E-state index contributed by atoms with van der Waals surface area (Å²) >= 11 is 0. The minimum Gasteiger partial charge on any atom is -0.481 e. The number of halogens is 3. The van der Waals surface area contributed by atoms with E-state index in [9.17, 15) is 18.0 Å². The smallest absolute Gasteiger partial charge is 0.418 e. The first-order chi connectivity index (χ1) is 7.89. The molecule has 0 bridgehead atoms. The third-order valence-electron chi connectivity index (χ3n) is 2.26. The Labute approximate surface area is 93.3 Å². The van der Waals surface area contributed by atoms with Crippen LogP contribution in [-0.4, -0.2) is 20.5 Å². The van der Waals surface area contributed by atoms with Crippen molar-refractivity contribution in [1.29, 1.82) is 0 Å². The zero-order chi connectivity index (χ0) is 12.6. The first-order valence-corrected chi connectivity index (χ1v) is 4.63. The predicted molar refractivity (Wildman–Crippen MR) is 51.5 cm³/mol. The second-order valence-electron chi connectivity index (χ2n) is 3.42. The van der Waals surface area contributed by atoms with Gasteiger partial charge < -0.3 is 9.51 Å². The lowest BCUT2D eigenvalue weighted by Crippen LogP contribution is -2.09. The van der Waals surface area contributed by atoms with E-state index in [1.54, 1.807) is 0 Å². The van der Waals surface area contributed by atoms with E-state index >= 15 is 0 Å². The molecule has 0 atom stereocenters. The third kappa shape index (κ3) is 2.08. The van der Waals surface area contributed by atoms with Crippen molar-refractivity contribution in [2.45, 2.75) is 12.6 Å². The van der Waals surface area contributed by atoms with Gasteiger partial charge in [-0.3, -0.25) is 4.79 Å². The summed E-state index contributed by atoms with van der Waals surface area (Å²) < 4.78 is 39.0. The second kappa shape index (κ2) is 3.76. The summed E-state index contributed by atoms with van der Waals surface area (Å²) in [5.41, 5.74) is -0.972. The van der Waals surface area contributed by atoms with E-state index in [1.165, 1.54) is 12.3 Å². The Morgan fingerprint density at radius 3 is 2.76 bits per heavy atom. The lowest BCUT2D eigenvalue weighted by molar-refractivity contribution is -0.137. The topological polar surface area (TPSA) is 54.6 Å². The fourth-order valence-electron chi connectivity index (χ4n) is 1.58. The molecule has 2 aromatic rings. The molecule has 90 valence electrons. The fourth-order valence-corrected chi connectivity index (χ4v) is 1.58. The zero-order valence-electron chi connectivity index (χ0n) is 8.40. The van der Waals surface area contributed by atoms with Gasteiger partial charge in [0.1, 0.15) is 12.2 Å². The van der Waals surface area contributed by atoms with Crippen molar-refractivity contribution in [1.82, 2.24) is 9.38 Å². The number of aliphatic carboxylic acids is 1. The van der Waals surface area contributed by atoms with Crippen LogP contribution in [0.5, 0.6) is 0 Å². The predicted octanol–water partition coefficient (Wildman–Crippen LogP) is 1.98. The second-order valence-corrected chi connectivity index (χ2v) is 3.42. The summed E-state index contributed by atoms with van der Waals surface area (Å²) in [5, 5.41) is 8.60. The number of alkyl halides is 3. The lowest BCUT2D eigenvalue weighted by atomic mass is 10.2. The maximum atomic E-state index is 12.6. The highest BCUT2D eigenvalue weighted by Crippen LogP contribution is 2.32. The van der Waals surface area contributed by atoms with Gasteiger partial charge in [0, 0.05) is 6.20 Å². The number of nitrogens with zero attached hydrogens (tertiary/aromatic N) is 2. The van der Waals surface area contributed by atoms with E-state index in [-0.39, 0.29) is 11.3 Å². The number of imidazole rings is 1. The molecule has 0 radical (unpaired) electrons. The van der Waals surface area contributed by atoms with E-state index < -0.39 is 24.1 Å². The van der Waals surface area contributed by atoms with Crippen LogP contribution in [0, 0.1) is 0 Å². The fraction of sp³-hybridized carbons (Fsp3) is 0.200. The number of carboxylic acid groups (broad SMARTS) is 1. The van der Waals surface area contributed by atoms with E-state index in [2.05, 4.69) is 4.98 Å². The van der Waals surface area contributed by atoms with Gasteiger partial charge in [0.05, 0.1) is 17.3 Å². The average Bonchev–Trinajstić information content (AvgIpc) is 2.59. The van der Waals surface area contributed by atoms with E-state index in [1.807, 2.05) is 0 Å². The highest BCUT2D eigenvalue weighted by Gasteiger charge is 2.33. The van der Waals surface area contributed by atoms with Crippen molar-refractivity contribution in [2.75, 3.05) is 0 Å². The number of pyridine rings is 1. The molecular formula is C10H7F3N2O2. The molecule has 7 heteroatoms. The van der Waals surface area contributed by atoms with E-state index in [0.717, 1.165) is 16.7 Å². The third-order valence-corrected chi connectivity index (χ3v) is 2.26. The number of carbonyl (C=O) groups is 1. The SMILES string of the molecule is O=C(O)Cc1ncc2c(C(F)(F)F)cccn12. The first-order valence-electron chi connectivity index (χ1n) is 4.63. The van der Waals surface area contributed by atoms with Crippen molar-refractivity contribution in [3.63, 3.8) is 0 Å². The van der Waals surface area contributed by atoms with Crippen LogP contribution in [0.25, 0.3) is 5.52 Å². The van der Waals surface area contributed by atoms with Gasteiger partial charge in [0.15, 0.2) is 0 Å². The van der Waals surface area contributed by atoms with Gasteiger partial charge in [-0.1, -0.05) is 0 Å². The van der Waals surface area contributed by atoms with Crippen LogP contribution in [0.4, 0.5) is 13.2 Å². The average molecular weight is 244 g/mol. The van der Waals surface area contributed by atoms with Crippen LogP contribution in [0.3, 0.4) is 0 Å². The van der Waals surface area contributed by atoms with Gasteiger partial charge in [-0.25, -0.2) is 4.98 Å². The quantitative estimate of drug-likeness (QED) is 0.878. The van der Waals surface area contributed by atoms with Crippen LogP contribution < -0.4 is 0 Å². The van der Waals surface area contributed by atoms with Crippen LogP contribution in [0.2, 0.25) is 0 Å². The van der Waals surface area contributed by atoms with Crippen molar-refractivity contribution < 1.29 is 23.1 Å². The number of hydrogen-bond donors (Lipinski definition) is 1. The number of fused-ring (bicyclic) bond motifs is 1. The van der Waals surface area contributed by atoms with Crippen LogP contribution in [0.15, 0.2) is 24.5 Å². The molecule has 4 nitrogen and oxygen atoms in total. The number of aromatic nitrogens is 2. The Morgan fingerprint density at radius 2 is 2.18 bits per heavy atom. The van der Waals surface area contributed by atoms with Crippen molar-refractivity contribution in [3.8, 4) is 0 Å². The highest BCUT2D eigenvalue weighted by molar-refractivity contribution is 5.70. The molecular weight excluding hydrogens is 237 g/mol. The number of carboxylic acids is 1. The van der Waals surface area contributed by atoms with E-state index in [4.69, 9.17) is 5.11 Å².